The fraction of sp³-hybridized carbons (Fsp3) is 0.652. The van der Waals surface area contributed by atoms with E-state index in [2.05, 4.69) is 29.3 Å². The number of rotatable bonds is 9. The monoisotopic (exact) mass is 890 g/mol. The summed E-state index contributed by atoms with van der Waals surface area (Å²) in [6.07, 6.45) is 11.7. The van der Waals surface area contributed by atoms with Crippen molar-refractivity contribution >= 4 is 56.1 Å². The number of aromatic nitrogens is 3. The summed E-state index contributed by atoms with van der Waals surface area (Å²) >= 11 is 1.62. The summed E-state index contributed by atoms with van der Waals surface area (Å²) in [7, 11) is -3.96. The van der Waals surface area contributed by atoms with Crippen molar-refractivity contribution in [2.75, 3.05) is 6.54 Å². The second-order valence-electron chi connectivity index (χ2n) is 19.8. The summed E-state index contributed by atoms with van der Waals surface area (Å²) in [6.45, 7) is 11.0. The van der Waals surface area contributed by atoms with Gasteiger partial charge in [-0.3, -0.25) is 23.7 Å². The first-order valence-electron chi connectivity index (χ1n) is 22.6. The number of hydrogen-bond acceptors (Lipinski definition) is 11. The molecular formula is C46H62N6O8S2. The number of amides is 3. The lowest BCUT2D eigenvalue weighted by atomic mass is 9.91. The van der Waals surface area contributed by atoms with E-state index in [9.17, 15) is 27.6 Å². The minimum absolute atomic E-state index is 0.0301. The average Bonchev–Trinajstić information content (AvgIpc) is 3.69. The quantitative estimate of drug-likeness (QED) is 0.199. The Balaban J connectivity index is 1.11. The molecule has 2 N–H and O–H groups in total. The molecule has 4 fully saturated rings. The molecule has 4 heterocycles. The van der Waals surface area contributed by atoms with E-state index >= 15 is 0 Å². The van der Waals surface area contributed by atoms with Gasteiger partial charge < -0.3 is 19.7 Å². The zero-order valence-electron chi connectivity index (χ0n) is 36.9. The Bertz CT molecular complexity index is 2350. The maximum Gasteiger partial charge on any atom is 0.408 e. The molecule has 16 heteroatoms. The van der Waals surface area contributed by atoms with E-state index in [0.29, 0.717) is 44.0 Å². The van der Waals surface area contributed by atoms with E-state index in [1.807, 2.05) is 34.9 Å². The molecular weight excluding hydrogens is 829 g/mol. The number of para-hydroxylation sites is 1. The standard InChI is InChI=1S/C46H62N6O8S2/c1-28(2)52-35-20-14-18-32(39-47-34(27-61-39)29-15-12-13-16-29)38(35)49-42(52)59-31-23-36-37(53)25-46(41(55)50-62(57,58)45(6)21-22-45)24-30(46)17-10-8-7-9-11-19-33(40(54)51(36)26-31)48-43(56)60-44(3,4)5/h10,14,17-18,20,27-31,33,36H,7-9,11-13,15-16,19,21-26H2,1-6H3,(H,48,56)(H,50,55)/b17-10-/t30-,31+,33-,36-,46+/m0/s1. The summed E-state index contributed by atoms with van der Waals surface area (Å²) in [5.74, 6) is -1.33. The van der Waals surface area contributed by atoms with Crippen LogP contribution in [0.25, 0.3) is 21.6 Å². The minimum Gasteiger partial charge on any atom is -0.459 e. The highest BCUT2D eigenvalue weighted by Crippen LogP contribution is 2.57. The Kier molecular flexibility index (Phi) is 12.1. The molecule has 3 saturated carbocycles. The molecule has 3 aliphatic carbocycles. The average molecular weight is 891 g/mol. The van der Waals surface area contributed by atoms with Crippen LogP contribution in [0.15, 0.2) is 35.7 Å². The molecule has 3 amide bonds. The number of benzene rings is 1. The zero-order valence-corrected chi connectivity index (χ0v) is 38.5. The van der Waals surface area contributed by atoms with Crippen molar-refractivity contribution in [2.24, 2.45) is 11.3 Å². The van der Waals surface area contributed by atoms with Crippen LogP contribution in [-0.4, -0.2) is 86.6 Å². The first-order valence-corrected chi connectivity index (χ1v) is 24.9. The highest BCUT2D eigenvalue weighted by atomic mass is 32.2. The number of carbonyl (C=O) groups excluding carboxylic acids is 4. The molecule has 5 aliphatic rings. The lowest BCUT2D eigenvalue weighted by molar-refractivity contribution is -0.140. The fourth-order valence-electron chi connectivity index (χ4n) is 9.56. The highest BCUT2D eigenvalue weighted by Gasteiger charge is 2.62. The third-order valence-corrected chi connectivity index (χ3v) is 16.6. The maximum atomic E-state index is 14.8. The van der Waals surface area contributed by atoms with E-state index in [4.69, 9.17) is 19.4 Å². The molecule has 0 bridgehead atoms. The van der Waals surface area contributed by atoms with Crippen molar-refractivity contribution in [3.8, 4) is 16.6 Å². The van der Waals surface area contributed by atoms with Crippen molar-refractivity contribution < 1.29 is 37.1 Å². The van der Waals surface area contributed by atoms with Gasteiger partial charge in [-0.05, 0) is 111 Å². The van der Waals surface area contributed by atoms with Gasteiger partial charge in [-0.25, -0.2) is 18.2 Å². The lowest BCUT2D eigenvalue weighted by Crippen LogP contribution is -2.53. The number of imidazole rings is 1. The number of Topliss-reactive ketones (excluding diaryl/α,β-unsaturated/α-hetero) is 1. The third kappa shape index (κ3) is 9.05. The largest absolute Gasteiger partial charge is 0.459 e. The van der Waals surface area contributed by atoms with Crippen LogP contribution >= 0.6 is 11.3 Å². The van der Waals surface area contributed by atoms with E-state index in [0.717, 1.165) is 59.4 Å². The molecule has 1 aromatic carbocycles. The lowest BCUT2D eigenvalue weighted by Gasteiger charge is -2.30. The van der Waals surface area contributed by atoms with Gasteiger partial charge >= 0.3 is 6.09 Å². The molecule has 1 saturated heterocycles. The number of ketones is 1. The van der Waals surface area contributed by atoms with Crippen molar-refractivity contribution in [1.29, 1.82) is 0 Å². The Morgan fingerprint density at radius 3 is 2.47 bits per heavy atom. The number of ether oxygens (including phenoxy) is 2. The molecule has 0 spiro atoms. The number of nitrogens with zero attached hydrogens (tertiary/aromatic N) is 4. The molecule has 336 valence electrons. The first-order chi connectivity index (χ1) is 29.4. The molecule has 8 rings (SSSR count). The molecule has 3 aromatic rings. The Morgan fingerprint density at radius 2 is 1.76 bits per heavy atom. The smallest absolute Gasteiger partial charge is 0.408 e. The van der Waals surface area contributed by atoms with Crippen LogP contribution in [0.4, 0.5) is 4.79 Å². The van der Waals surface area contributed by atoms with E-state index in [1.165, 1.54) is 17.7 Å². The number of thiazole rings is 1. The van der Waals surface area contributed by atoms with E-state index in [1.54, 1.807) is 39.0 Å². The second kappa shape index (κ2) is 17.0. The zero-order chi connectivity index (χ0) is 44.2. The summed E-state index contributed by atoms with van der Waals surface area (Å²) in [4.78, 5) is 68.5. The van der Waals surface area contributed by atoms with E-state index < -0.39 is 61.9 Å². The SMILES string of the molecule is CC(C)n1c(O[C@@H]2C[C@H]3C(=O)C[C@]4(C(=O)NS(=O)(=O)C5(C)CC5)C[C@@H]4/C=C\CCCCC[C@H](NC(=O)OC(C)(C)C)C(=O)N3C2)nc2c(-c3nc(C4CCCC4)cs3)cccc21. The van der Waals surface area contributed by atoms with Gasteiger partial charge in [0, 0.05) is 35.7 Å². The number of fused-ring (bicyclic) bond motifs is 3. The van der Waals surface area contributed by atoms with Crippen LogP contribution in [-0.2, 0) is 29.1 Å². The van der Waals surface area contributed by atoms with Gasteiger partial charge in [-0.1, -0.05) is 43.9 Å². The van der Waals surface area contributed by atoms with Crippen molar-refractivity contribution in [2.45, 2.75) is 172 Å². The summed E-state index contributed by atoms with van der Waals surface area (Å²) in [5.41, 5.74) is 1.60. The third-order valence-electron chi connectivity index (χ3n) is 13.5. The Morgan fingerprint density at radius 1 is 1.02 bits per heavy atom. The normalized spacial score (nSPS) is 27.6. The molecule has 14 nitrogen and oxygen atoms in total. The highest BCUT2D eigenvalue weighted by molar-refractivity contribution is 7.91. The van der Waals surface area contributed by atoms with Crippen LogP contribution in [0.1, 0.15) is 149 Å². The molecule has 2 aromatic heterocycles. The number of allylic oxidation sites excluding steroid dienone is 2. The molecule has 0 radical (unpaired) electrons. The second-order valence-corrected chi connectivity index (χ2v) is 22.9. The molecule has 0 unspecified atom stereocenters. The molecule has 62 heavy (non-hydrogen) atoms. The Labute approximate surface area is 369 Å². The number of hydrogen-bond donors (Lipinski definition) is 2. The first kappa shape index (κ1) is 44.3. The number of nitrogens with one attached hydrogen (secondary N) is 2. The van der Waals surface area contributed by atoms with Crippen LogP contribution in [0.5, 0.6) is 6.01 Å². The van der Waals surface area contributed by atoms with Crippen LogP contribution in [0.3, 0.4) is 0 Å². The summed E-state index contributed by atoms with van der Waals surface area (Å²) in [6, 6.07) is 4.36. The molecule has 2 aliphatic heterocycles. The van der Waals surface area contributed by atoms with Crippen LogP contribution in [0.2, 0.25) is 0 Å². The van der Waals surface area contributed by atoms with Crippen molar-refractivity contribution in [1.82, 2.24) is 29.5 Å². The Hall–Kier alpha value is -4.31. The van der Waals surface area contributed by atoms with Gasteiger partial charge in [-0.2, -0.15) is 4.98 Å². The summed E-state index contributed by atoms with van der Waals surface area (Å²) < 4.78 is 42.3. The number of alkyl carbamates (subject to hydrolysis) is 1. The van der Waals surface area contributed by atoms with Gasteiger partial charge in [0.25, 0.3) is 6.01 Å². The van der Waals surface area contributed by atoms with Crippen molar-refractivity contribution in [3.05, 3.63) is 41.4 Å². The van der Waals surface area contributed by atoms with Crippen LogP contribution in [0, 0.1) is 11.3 Å². The minimum atomic E-state index is -3.96. The predicted molar refractivity (Wildman–Crippen MR) is 237 cm³/mol. The number of sulfonamides is 1. The van der Waals surface area contributed by atoms with Gasteiger partial charge in [0.2, 0.25) is 21.8 Å². The molecule has 5 atom stereocenters. The van der Waals surface area contributed by atoms with Crippen molar-refractivity contribution in [3.63, 3.8) is 0 Å². The fourth-order valence-corrected chi connectivity index (χ4v) is 11.8. The van der Waals surface area contributed by atoms with E-state index in [-0.39, 0.29) is 37.1 Å². The van der Waals surface area contributed by atoms with Gasteiger partial charge in [0.1, 0.15) is 28.3 Å². The van der Waals surface area contributed by atoms with Gasteiger partial charge in [-0.15, -0.1) is 11.3 Å². The van der Waals surface area contributed by atoms with Gasteiger partial charge in [0.05, 0.1) is 34.0 Å². The topological polar surface area (TPSA) is 179 Å². The maximum absolute atomic E-state index is 14.8. The van der Waals surface area contributed by atoms with Crippen LogP contribution < -0.4 is 14.8 Å². The number of carbonyl (C=O) groups is 4. The van der Waals surface area contributed by atoms with Gasteiger partial charge in [0.15, 0.2) is 5.78 Å². The predicted octanol–water partition coefficient (Wildman–Crippen LogP) is 8.12. The summed E-state index contributed by atoms with van der Waals surface area (Å²) in [5, 5.41) is 5.87.